The number of hydrogen-bond acceptors (Lipinski definition) is 3. The van der Waals surface area contributed by atoms with Gasteiger partial charge in [-0.2, -0.15) is 5.26 Å². The predicted octanol–water partition coefficient (Wildman–Crippen LogP) is 2.08. The van der Waals surface area contributed by atoms with Gasteiger partial charge in [0.25, 0.3) is 8.32 Å². The first kappa shape index (κ1) is 11.5. The summed E-state index contributed by atoms with van der Waals surface area (Å²) in [4.78, 5) is 0. The van der Waals surface area contributed by atoms with Crippen LogP contribution in [0.4, 0.5) is 0 Å². The normalized spacial score (nSPS) is 11.7. The summed E-state index contributed by atoms with van der Waals surface area (Å²) < 4.78 is 7.19. The van der Waals surface area contributed by atoms with Crippen LogP contribution in [0.5, 0.6) is 0 Å². The van der Waals surface area contributed by atoms with Crippen LogP contribution >= 0.6 is 0 Å². The van der Waals surface area contributed by atoms with Crippen LogP contribution < -0.4 is 0 Å². The SMILES string of the molecule is Cn1cc(C#N)cc1/C=N/O[Si](C)(C)C. The van der Waals surface area contributed by atoms with Crippen LogP contribution in [-0.4, -0.2) is 19.1 Å². The lowest BCUT2D eigenvalue weighted by atomic mass is 10.3. The quantitative estimate of drug-likeness (QED) is 0.446. The molecule has 4 nitrogen and oxygen atoms in total. The second kappa shape index (κ2) is 4.32. The van der Waals surface area contributed by atoms with Crippen LogP contribution in [0.2, 0.25) is 19.6 Å². The number of oxime groups is 1. The summed E-state index contributed by atoms with van der Waals surface area (Å²) in [6, 6.07) is 3.86. The Kier molecular flexibility index (Phi) is 3.32. The Labute approximate surface area is 90.9 Å². The molecule has 0 amide bonds. The average Bonchev–Trinajstić information content (AvgIpc) is 2.45. The molecule has 0 radical (unpaired) electrons. The Morgan fingerprint density at radius 2 is 2.20 bits per heavy atom. The molecule has 0 saturated carbocycles. The van der Waals surface area contributed by atoms with E-state index in [-0.39, 0.29) is 0 Å². The van der Waals surface area contributed by atoms with Crippen LogP contribution in [0.3, 0.4) is 0 Å². The first-order valence-electron chi connectivity index (χ1n) is 4.70. The van der Waals surface area contributed by atoms with Crippen molar-refractivity contribution < 1.29 is 4.53 Å². The molecule has 0 N–H and O–H groups in total. The molecule has 1 rings (SSSR count). The van der Waals surface area contributed by atoms with Gasteiger partial charge >= 0.3 is 0 Å². The van der Waals surface area contributed by atoms with Crippen molar-refractivity contribution in [3.8, 4) is 6.07 Å². The van der Waals surface area contributed by atoms with Gasteiger partial charge in [-0.15, -0.1) is 5.16 Å². The van der Waals surface area contributed by atoms with Crippen molar-refractivity contribution in [1.82, 2.24) is 4.57 Å². The molecule has 15 heavy (non-hydrogen) atoms. The van der Waals surface area contributed by atoms with E-state index in [0.717, 1.165) is 5.69 Å². The Morgan fingerprint density at radius 3 is 2.67 bits per heavy atom. The maximum Gasteiger partial charge on any atom is 0.278 e. The Bertz CT molecular complexity index is 409. The van der Waals surface area contributed by atoms with Gasteiger partial charge < -0.3 is 9.09 Å². The molecule has 0 atom stereocenters. The van der Waals surface area contributed by atoms with Crippen molar-refractivity contribution >= 4 is 14.5 Å². The smallest absolute Gasteiger partial charge is 0.278 e. The van der Waals surface area contributed by atoms with Crippen LogP contribution in [0.15, 0.2) is 17.4 Å². The first-order chi connectivity index (χ1) is 6.92. The molecule has 0 unspecified atom stereocenters. The predicted molar refractivity (Wildman–Crippen MR) is 62.2 cm³/mol. The van der Waals surface area contributed by atoms with E-state index in [1.165, 1.54) is 0 Å². The summed E-state index contributed by atoms with van der Waals surface area (Å²) >= 11 is 0. The molecule has 0 spiro atoms. The van der Waals surface area contributed by atoms with Gasteiger partial charge in [-0.1, -0.05) is 0 Å². The summed E-state index contributed by atoms with van der Waals surface area (Å²) in [6.45, 7) is 6.20. The maximum absolute atomic E-state index is 8.70. The second-order valence-corrected chi connectivity index (χ2v) is 8.72. The number of aryl methyl sites for hydroxylation is 1. The van der Waals surface area contributed by atoms with Crippen LogP contribution in [0.1, 0.15) is 11.3 Å². The highest BCUT2D eigenvalue weighted by molar-refractivity contribution is 6.69. The van der Waals surface area contributed by atoms with Crippen molar-refractivity contribution in [3.05, 3.63) is 23.5 Å². The van der Waals surface area contributed by atoms with Crippen molar-refractivity contribution in [2.45, 2.75) is 19.6 Å². The molecule has 1 aromatic rings. The molecule has 0 saturated heterocycles. The minimum absolute atomic E-state index is 0.631. The zero-order chi connectivity index (χ0) is 11.5. The van der Waals surface area contributed by atoms with Crippen molar-refractivity contribution in [3.63, 3.8) is 0 Å². The molecular formula is C10H15N3OSi. The van der Waals surface area contributed by atoms with E-state index in [0.29, 0.717) is 5.56 Å². The number of hydrogen-bond donors (Lipinski definition) is 0. The molecule has 5 heteroatoms. The monoisotopic (exact) mass is 221 g/mol. The minimum atomic E-state index is -1.60. The summed E-state index contributed by atoms with van der Waals surface area (Å²) in [7, 11) is 0.270. The Balaban J connectivity index is 2.73. The van der Waals surface area contributed by atoms with Gasteiger partial charge in [0.2, 0.25) is 0 Å². The third-order valence-corrected chi connectivity index (χ3v) is 2.34. The van der Waals surface area contributed by atoms with E-state index in [1.54, 1.807) is 18.5 Å². The molecule has 0 fully saturated rings. The number of aromatic nitrogens is 1. The fourth-order valence-corrected chi connectivity index (χ4v) is 1.38. The zero-order valence-electron chi connectivity index (χ0n) is 9.48. The third kappa shape index (κ3) is 3.60. The van der Waals surface area contributed by atoms with Gasteiger partial charge in [0.05, 0.1) is 17.5 Å². The fraction of sp³-hybridized carbons (Fsp3) is 0.400. The second-order valence-electron chi connectivity index (χ2n) is 4.31. The fourth-order valence-electron chi connectivity index (χ4n) is 1.01. The van der Waals surface area contributed by atoms with Crippen molar-refractivity contribution in [1.29, 1.82) is 5.26 Å². The zero-order valence-corrected chi connectivity index (χ0v) is 10.5. The van der Waals surface area contributed by atoms with Gasteiger partial charge in [0.15, 0.2) is 0 Å². The number of rotatable bonds is 3. The summed E-state index contributed by atoms with van der Waals surface area (Å²) in [5, 5.41) is 12.6. The van der Waals surface area contributed by atoms with E-state index in [1.807, 2.05) is 11.6 Å². The van der Waals surface area contributed by atoms with Crippen LogP contribution in [0.25, 0.3) is 0 Å². The van der Waals surface area contributed by atoms with E-state index < -0.39 is 8.32 Å². The van der Waals surface area contributed by atoms with Crippen LogP contribution in [0, 0.1) is 11.3 Å². The van der Waals surface area contributed by atoms with Gasteiger partial charge in [-0.05, 0) is 25.7 Å². The molecule has 0 aliphatic carbocycles. The van der Waals surface area contributed by atoms with E-state index in [4.69, 9.17) is 9.79 Å². The molecule has 1 aromatic heterocycles. The Morgan fingerprint density at radius 1 is 1.53 bits per heavy atom. The van der Waals surface area contributed by atoms with E-state index >= 15 is 0 Å². The highest BCUT2D eigenvalue weighted by Gasteiger charge is 2.15. The molecule has 0 aromatic carbocycles. The van der Waals surface area contributed by atoms with E-state index in [9.17, 15) is 0 Å². The molecule has 0 aliphatic rings. The van der Waals surface area contributed by atoms with Crippen molar-refractivity contribution in [2.24, 2.45) is 12.2 Å². The third-order valence-electron chi connectivity index (χ3n) is 1.68. The maximum atomic E-state index is 8.70. The molecule has 80 valence electrons. The summed E-state index contributed by atoms with van der Waals surface area (Å²) in [5.74, 6) is 0. The summed E-state index contributed by atoms with van der Waals surface area (Å²) in [5.41, 5.74) is 1.50. The summed E-state index contributed by atoms with van der Waals surface area (Å²) in [6.07, 6.45) is 3.40. The lowest BCUT2D eigenvalue weighted by Crippen LogP contribution is -2.22. The number of nitriles is 1. The van der Waals surface area contributed by atoms with Crippen molar-refractivity contribution in [2.75, 3.05) is 0 Å². The topological polar surface area (TPSA) is 50.3 Å². The molecule has 1 heterocycles. The highest BCUT2D eigenvalue weighted by Crippen LogP contribution is 2.05. The molecule has 0 bridgehead atoms. The highest BCUT2D eigenvalue weighted by atomic mass is 28.4. The van der Waals surface area contributed by atoms with Gasteiger partial charge in [0.1, 0.15) is 6.07 Å². The van der Waals surface area contributed by atoms with E-state index in [2.05, 4.69) is 30.9 Å². The first-order valence-corrected chi connectivity index (χ1v) is 8.11. The van der Waals surface area contributed by atoms with Crippen LogP contribution in [-0.2, 0) is 11.6 Å². The Hall–Kier alpha value is -1.54. The minimum Gasteiger partial charge on any atom is -0.456 e. The molecular weight excluding hydrogens is 206 g/mol. The van der Waals surface area contributed by atoms with Gasteiger partial charge in [-0.25, -0.2) is 0 Å². The van der Waals surface area contributed by atoms with Gasteiger partial charge in [-0.3, -0.25) is 0 Å². The van der Waals surface area contributed by atoms with Gasteiger partial charge in [0, 0.05) is 13.2 Å². The number of nitrogens with zero attached hydrogens (tertiary/aromatic N) is 3. The molecule has 0 aliphatic heterocycles. The largest absolute Gasteiger partial charge is 0.456 e. The standard InChI is InChI=1S/C10H15N3OSi/c1-13-8-9(6-11)5-10(13)7-12-14-15(2,3)4/h5,7-8H,1-4H3/b12-7+. The average molecular weight is 221 g/mol. The lowest BCUT2D eigenvalue weighted by molar-refractivity contribution is 0.338. The lowest BCUT2D eigenvalue weighted by Gasteiger charge is -2.11.